The van der Waals surface area contributed by atoms with Crippen LogP contribution in [-0.2, 0) is 0 Å². The van der Waals surface area contributed by atoms with E-state index < -0.39 is 0 Å². The smallest absolute Gasteiger partial charge is 0.175 e. The predicted octanol–water partition coefficient (Wildman–Crippen LogP) is 5.70. The largest absolute Gasteiger partial charge is 0.490 e. The second-order valence-corrected chi connectivity index (χ2v) is 6.06. The molecule has 0 fully saturated rings. The monoisotopic (exact) mass is 375 g/mol. The molecule has 0 aliphatic carbocycles. The Balaban J connectivity index is 2.26. The van der Waals surface area contributed by atoms with Crippen molar-refractivity contribution in [3.05, 3.63) is 52.0 Å². The first kappa shape index (κ1) is 17.5. The van der Waals surface area contributed by atoms with Crippen LogP contribution in [0.5, 0.6) is 11.5 Å². The molecule has 0 bridgehead atoms. The first-order chi connectivity index (χ1) is 11.1. The molecule has 0 spiro atoms. The van der Waals surface area contributed by atoms with E-state index >= 15 is 0 Å². The van der Waals surface area contributed by atoms with Gasteiger partial charge in [0.1, 0.15) is 0 Å². The summed E-state index contributed by atoms with van der Waals surface area (Å²) in [6.45, 7) is 7.36. The summed E-state index contributed by atoms with van der Waals surface area (Å²) in [6, 6.07) is 12.1. The van der Waals surface area contributed by atoms with Crippen molar-refractivity contribution in [2.24, 2.45) is 4.99 Å². The van der Waals surface area contributed by atoms with Crippen molar-refractivity contribution >= 4 is 27.8 Å². The Morgan fingerprint density at radius 2 is 1.83 bits per heavy atom. The highest BCUT2D eigenvalue weighted by Crippen LogP contribution is 2.36. The van der Waals surface area contributed by atoms with Crippen LogP contribution in [0, 0.1) is 6.92 Å². The predicted molar refractivity (Wildman–Crippen MR) is 99.5 cm³/mol. The molecule has 23 heavy (non-hydrogen) atoms. The molecule has 122 valence electrons. The lowest BCUT2D eigenvalue weighted by molar-refractivity contribution is 0.275. The van der Waals surface area contributed by atoms with Crippen LogP contribution in [0.3, 0.4) is 0 Å². The van der Waals surface area contributed by atoms with Gasteiger partial charge in [-0.3, -0.25) is 4.99 Å². The highest BCUT2D eigenvalue weighted by molar-refractivity contribution is 9.10. The van der Waals surface area contributed by atoms with Crippen molar-refractivity contribution in [1.29, 1.82) is 0 Å². The Kier molecular flexibility index (Phi) is 6.66. The zero-order chi connectivity index (χ0) is 16.7. The minimum Gasteiger partial charge on any atom is -0.490 e. The van der Waals surface area contributed by atoms with Crippen molar-refractivity contribution in [3.63, 3.8) is 0 Å². The first-order valence-corrected chi connectivity index (χ1v) is 8.63. The third-order valence-corrected chi connectivity index (χ3v) is 3.77. The van der Waals surface area contributed by atoms with Crippen molar-refractivity contribution in [2.45, 2.75) is 27.2 Å². The molecule has 0 heterocycles. The molecule has 0 aromatic heterocycles. The molecule has 0 amide bonds. The Bertz CT molecular complexity index is 666. The van der Waals surface area contributed by atoms with Crippen LogP contribution in [0.1, 0.15) is 31.4 Å². The summed E-state index contributed by atoms with van der Waals surface area (Å²) >= 11 is 3.57. The van der Waals surface area contributed by atoms with Crippen LogP contribution in [-0.4, -0.2) is 19.4 Å². The van der Waals surface area contributed by atoms with E-state index in [1.54, 1.807) is 0 Å². The van der Waals surface area contributed by atoms with Crippen LogP contribution in [0.25, 0.3) is 0 Å². The summed E-state index contributed by atoms with van der Waals surface area (Å²) in [4.78, 5) is 4.51. The number of benzene rings is 2. The Morgan fingerprint density at radius 1 is 1.09 bits per heavy atom. The highest BCUT2D eigenvalue weighted by atomic mass is 79.9. The van der Waals surface area contributed by atoms with Crippen LogP contribution < -0.4 is 9.47 Å². The van der Waals surface area contributed by atoms with Crippen LogP contribution in [0.15, 0.2) is 45.9 Å². The molecule has 0 saturated carbocycles. The van der Waals surface area contributed by atoms with Gasteiger partial charge in [0, 0.05) is 6.21 Å². The van der Waals surface area contributed by atoms with Gasteiger partial charge in [-0.25, -0.2) is 0 Å². The molecular formula is C19H22BrNO2. The molecule has 0 unspecified atom stereocenters. The molecule has 2 rings (SSSR count). The average molecular weight is 376 g/mol. The first-order valence-electron chi connectivity index (χ1n) is 7.84. The van der Waals surface area contributed by atoms with Crippen molar-refractivity contribution < 1.29 is 9.47 Å². The maximum atomic E-state index is 5.78. The minimum absolute atomic E-state index is 0.591. The third kappa shape index (κ3) is 5.10. The summed E-state index contributed by atoms with van der Waals surface area (Å²) in [5, 5.41) is 0. The molecule has 3 nitrogen and oxygen atoms in total. The molecule has 0 aliphatic heterocycles. The number of aliphatic imine (C=N–C) groups is 1. The lowest BCUT2D eigenvalue weighted by Gasteiger charge is -2.14. The molecule has 0 saturated heterocycles. The fourth-order valence-electron chi connectivity index (χ4n) is 2.05. The summed E-state index contributed by atoms with van der Waals surface area (Å²) in [6.07, 6.45) is 2.79. The number of ether oxygens (including phenoxy) is 2. The van der Waals surface area contributed by atoms with E-state index in [4.69, 9.17) is 9.47 Å². The van der Waals surface area contributed by atoms with Gasteiger partial charge >= 0.3 is 0 Å². The molecule has 0 N–H and O–H groups in total. The molecule has 2 aromatic carbocycles. The van der Waals surface area contributed by atoms with Crippen LogP contribution >= 0.6 is 15.9 Å². The zero-order valence-electron chi connectivity index (χ0n) is 13.8. The van der Waals surface area contributed by atoms with Crippen molar-refractivity contribution in [1.82, 2.24) is 0 Å². The van der Waals surface area contributed by atoms with Gasteiger partial charge in [0.2, 0.25) is 0 Å². The average Bonchev–Trinajstić information content (AvgIpc) is 2.54. The van der Waals surface area contributed by atoms with Gasteiger partial charge < -0.3 is 9.47 Å². The summed E-state index contributed by atoms with van der Waals surface area (Å²) in [7, 11) is 0. The Morgan fingerprint density at radius 3 is 2.48 bits per heavy atom. The maximum absolute atomic E-state index is 5.78. The molecular weight excluding hydrogens is 354 g/mol. The summed E-state index contributed by atoms with van der Waals surface area (Å²) in [5.41, 5.74) is 3.11. The second kappa shape index (κ2) is 8.73. The fraction of sp³-hybridized carbons (Fsp3) is 0.316. The van der Waals surface area contributed by atoms with E-state index in [2.05, 4.69) is 46.9 Å². The zero-order valence-corrected chi connectivity index (χ0v) is 15.4. The van der Waals surface area contributed by atoms with Gasteiger partial charge in [-0.15, -0.1) is 0 Å². The summed E-state index contributed by atoms with van der Waals surface area (Å²) in [5.74, 6) is 1.49. The number of rotatable bonds is 7. The highest BCUT2D eigenvalue weighted by Gasteiger charge is 2.11. The van der Waals surface area contributed by atoms with E-state index in [-0.39, 0.29) is 0 Å². The van der Waals surface area contributed by atoms with E-state index in [1.165, 1.54) is 5.56 Å². The second-order valence-electron chi connectivity index (χ2n) is 5.21. The van der Waals surface area contributed by atoms with E-state index in [0.717, 1.165) is 33.6 Å². The molecule has 0 radical (unpaired) electrons. The Labute approximate surface area is 146 Å². The molecule has 4 heteroatoms. The number of nitrogens with zero attached hydrogens (tertiary/aromatic N) is 1. The van der Waals surface area contributed by atoms with Crippen molar-refractivity contribution in [3.8, 4) is 11.5 Å². The number of aryl methyl sites for hydroxylation is 1. The Hall–Kier alpha value is -1.81. The van der Waals surface area contributed by atoms with E-state index in [0.29, 0.717) is 13.2 Å². The number of halogens is 1. The number of hydrogen-bond acceptors (Lipinski definition) is 3. The van der Waals surface area contributed by atoms with Crippen LogP contribution in [0.4, 0.5) is 5.69 Å². The van der Waals surface area contributed by atoms with E-state index in [9.17, 15) is 0 Å². The molecule has 0 atom stereocenters. The lowest BCUT2D eigenvalue weighted by Crippen LogP contribution is -2.01. The minimum atomic E-state index is 0.591. The normalized spacial score (nSPS) is 11.0. The maximum Gasteiger partial charge on any atom is 0.175 e. The summed E-state index contributed by atoms with van der Waals surface area (Å²) < 4.78 is 12.4. The fourth-order valence-corrected chi connectivity index (χ4v) is 2.62. The van der Waals surface area contributed by atoms with Gasteiger partial charge in [0.25, 0.3) is 0 Å². The third-order valence-electron chi connectivity index (χ3n) is 3.18. The van der Waals surface area contributed by atoms with Gasteiger partial charge in [0.15, 0.2) is 11.5 Å². The van der Waals surface area contributed by atoms with Crippen LogP contribution in [0.2, 0.25) is 0 Å². The number of hydrogen-bond donors (Lipinski definition) is 0. The van der Waals surface area contributed by atoms with Gasteiger partial charge in [-0.05, 0) is 66.0 Å². The standard InChI is InChI=1S/C19H22BrNO2/c1-4-10-23-19-17(20)11-15(12-18(19)22-5-2)13-21-16-8-6-14(3)7-9-16/h6-9,11-13H,4-5,10H2,1-3H3. The molecule has 0 aliphatic rings. The van der Waals surface area contributed by atoms with Gasteiger partial charge in [-0.1, -0.05) is 24.6 Å². The lowest BCUT2D eigenvalue weighted by atomic mass is 10.2. The van der Waals surface area contributed by atoms with Gasteiger partial charge in [0.05, 0.1) is 23.4 Å². The topological polar surface area (TPSA) is 30.8 Å². The SMILES string of the molecule is CCCOc1c(Br)cc(C=Nc2ccc(C)cc2)cc1OCC. The van der Waals surface area contributed by atoms with Gasteiger partial charge in [-0.2, -0.15) is 0 Å². The van der Waals surface area contributed by atoms with Crippen molar-refractivity contribution in [2.75, 3.05) is 13.2 Å². The molecule has 2 aromatic rings. The van der Waals surface area contributed by atoms with E-state index in [1.807, 2.05) is 37.4 Å². The quantitative estimate of drug-likeness (QED) is 0.581.